The van der Waals surface area contributed by atoms with Crippen LogP contribution >= 0.6 is 0 Å². The van der Waals surface area contributed by atoms with Crippen LogP contribution in [0, 0.1) is 0 Å². The lowest BCUT2D eigenvalue weighted by molar-refractivity contribution is -0.116. The van der Waals surface area contributed by atoms with Gasteiger partial charge in [-0.2, -0.15) is 4.31 Å². The number of morpholine rings is 1. The quantitative estimate of drug-likeness (QED) is 0.592. The summed E-state index contributed by atoms with van der Waals surface area (Å²) >= 11 is 0. The molecule has 32 heavy (non-hydrogen) atoms. The number of hydrogen-bond acceptors (Lipinski definition) is 4. The SMILES string of the molecule is O=C(CCc1ccc(S(=O)(=O)N2CCOCC2)cc1)Nc1ccccc1-c1ccccc1. The van der Waals surface area contributed by atoms with E-state index in [1.54, 1.807) is 24.3 Å². The van der Waals surface area contributed by atoms with E-state index in [4.69, 9.17) is 4.74 Å². The molecule has 1 heterocycles. The predicted molar refractivity (Wildman–Crippen MR) is 125 cm³/mol. The van der Waals surface area contributed by atoms with Crippen LogP contribution in [-0.4, -0.2) is 44.9 Å². The van der Waals surface area contributed by atoms with Gasteiger partial charge in [-0.05, 0) is 35.7 Å². The Morgan fingerprint density at radius 3 is 2.25 bits per heavy atom. The fraction of sp³-hybridized carbons (Fsp3) is 0.240. The first-order valence-electron chi connectivity index (χ1n) is 10.7. The van der Waals surface area contributed by atoms with Gasteiger partial charge in [-0.15, -0.1) is 0 Å². The third-order valence-electron chi connectivity index (χ3n) is 5.46. The number of nitrogens with zero attached hydrogens (tertiary/aromatic N) is 1. The van der Waals surface area contributed by atoms with E-state index >= 15 is 0 Å². The third kappa shape index (κ3) is 5.24. The maximum absolute atomic E-state index is 12.7. The highest BCUT2D eigenvalue weighted by atomic mass is 32.2. The smallest absolute Gasteiger partial charge is 0.243 e. The number of ether oxygens (including phenoxy) is 1. The van der Waals surface area contributed by atoms with E-state index in [1.807, 2.05) is 54.6 Å². The molecule has 7 heteroatoms. The lowest BCUT2D eigenvalue weighted by atomic mass is 10.0. The van der Waals surface area contributed by atoms with Crippen LogP contribution in [0.1, 0.15) is 12.0 Å². The van der Waals surface area contributed by atoms with Crippen molar-refractivity contribution in [1.29, 1.82) is 0 Å². The zero-order valence-electron chi connectivity index (χ0n) is 17.7. The van der Waals surface area contributed by atoms with Gasteiger partial charge in [-0.3, -0.25) is 4.79 Å². The maximum atomic E-state index is 12.7. The van der Waals surface area contributed by atoms with Crippen molar-refractivity contribution in [2.45, 2.75) is 17.7 Å². The summed E-state index contributed by atoms with van der Waals surface area (Å²) in [6.45, 7) is 1.57. The van der Waals surface area contributed by atoms with Crippen LogP contribution in [0.3, 0.4) is 0 Å². The van der Waals surface area contributed by atoms with E-state index < -0.39 is 10.0 Å². The minimum atomic E-state index is -3.51. The largest absolute Gasteiger partial charge is 0.379 e. The number of amides is 1. The van der Waals surface area contributed by atoms with Crippen LogP contribution in [0.25, 0.3) is 11.1 Å². The van der Waals surface area contributed by atoms with Crippen molar-refractivity contribution in [2.24, 2.45) is 0 Å². The molecule has 0 saturated carbocycles. The number of benzene rings is 3. The summed E-state index contributed by atoms with van der Waals surface area (Å²) in [5, 5.41) is 3.00. The van der Waals surface area contributed by atoms with Crippen LogP contribution in [0.2, 0.25) is 0 Å². The van der Waals surface area contributed by atoms with Crippen molar-refractivity contribution >= 4 is 21.6 Å². The van der Waals surface area contributed by atoms with Gasteiger partial charge in [0.25, 0.3) is 0 Å². The van der Waals surface area contributed by atoms with Gasteiger partial charge in [0.1, 0.15) is 0 Å². The lowest BCUT2D eigenvalue weighted by Crippen LogP contribution is -2.40. The summed E-state index contributed by atoms with van der Waals surface area (Å²) in [7, 11) is -3.51. The molecule has 0 aromatic heterocycles. The van der Waals surface area contributed by atoms with Crippen LogP contribution < -0.4 is 5.32 Å². The lowest BCUT2D eigenvalue weighted by Gasteiger charge is -2.26. The molecule has 1 aliphatic heterocycles. The molecule has 0 unspecified atom stereocenters. The number of nitrogens with one attached hydrogen (secondary N) is 1. The van der Waals surface area contributed by atoms with Crippen molar-refractivity contribution in [3.8, 4) is 11.1 Å². The number of rotatable bonds is 7. The van der Waals surface area contributed by atoms with Gasteiger partial charge >= 0.3 is 0 Å². The maximum Gasteiger partial charge on any atom is 0.243 e. The number of sulfonamides is 1. The molecule has 4 rings (SSSR count). The molecule has 1 N–H and O–H groups in total. The Balaban J connectivity index is 1.37. The highest BCUT2D eigenvalue weighted by Crippen LogP contribution is 2.27. The van der Waals surface area contributed by atoms with Crippen LogP contribution in [-0.2, 0) is 26.0 Å². The molecule has 166 valence electrons. The van der Waals surface area contributed by atoms with Crippen LogP contribution in [0.5, 0.6) is 0 Å². The zero-order valence-corrected chi connectivity index (χ0v) is 18.6. The summed E-state index contributed by atoms with van der Waals surface area (Å²) in [6, 6.07) is 24.4. The van der Waals surface area contributed by atoms with Crippen molar-refractivity contribution in [1.82, 2.24) is 4.31 Å². The average molecular weight is 451 g/mol. The second-order valence-electron chi connectivity index (χ2n) is 7.62. The fourth-order valence-electron chi connectivity index (χ4n) is 3.70. The number of carbonyl (C=O) groups excluding carboxylic acids is 1. The van der Waals surface area contributed by atoms with Gasteiger partial charge in [0, 0.05) is 30.8 Å². The zero-order chi connectivity index (χ0) is 22.4. The number of para-hydroxylation sites is 1. The predicted octanol–water partition coefficient (Wildman–Crippen LogP) is 3.95. The summed E-state index contributed by atoms with van der Waals surface area (Å²) < 4.78 is 32.1. The van der Waals surface area contributed by atoms with Gasteiger partial charge in [0.2, 0.25) is 15.9 Å². The van der Waals surface area contributed by atoms with Gasteiger partial charge in [-0.25, -0.2) is 8.42 Å². The van der Waals surface area contributed by atoms with Crippen molar-refractivity contribution < 1.29 is 17.9 Å². The van der Waals surface area contributed by atoms with Crippen molar-refractivity contribution in [2.75, 3.05) is 31.6 Å². The molecule has 1 amide bonds. The summed E-state index contributed by atoms with van der Waals surface area (Å²) in [4.78, 5) is 12.8. The van der Waals surface area contributed by atoms with E-state index in [9.17, 15) is 13.2 Å². The highest BCUT2D eigenvalue weighted by Gasteiger charge is 2.26. The van der Waals surface area contributed by atoms with E-state index in [1.165, 1.54) is 4.31 Å². The van der Waals surface area contributed by atoms with E-state index in [0.29, 0.717) is 39.1 Å². The fourth-order valence-corrected chi connectivity index (χ4v) is 5.10. The van der Waals surface area contributed by atoms with Gasteiger partial charge in [0.15, 0.2) is 0 Å². The Kier molecular flexibility index (Phi) is 6.99. The molecule has 3 aromatic carbocycles. The summed E-state index contributed by atoms with van der Waals surface area (Å²) in [5.74, 6) is -0.0848. The van der Waals surface area contributed by atoms with Crippen LogP contribution in [0.15, 0.2) is 83.8 Å². The number of aryl methyl sites for hydroxylation is 1. The number of anilines is 1. The van der Waals surface area contributed by atoms with Gasteiger partial charge in [0.05, 0.1) is 18.1 Å². The summed E-state index contributed by atoms with van der Waals surface area (Å²) in [6.07, 6.45) is 0.829. The summed E-state index contributed by atoms with van der Waals surface area (Å²) in [5.41, 5.74) is 3.70. The van der Waals surface area contributed by atoms with E-state index in [-0.39, 0.29) is 10.8 Å². The van der Waals surface area contributed by atoms with Crippen molar-refractivity contribution in [3.05, 3.63) is 84.4 Å². The van der Waals surface area contributed by atoms with E-state index in [0.717, 1.165) is 22.4 Å². The highest BCUT2D eigenvalue weighted by molar-refractivity contribution is 7.89. The Morgan fingerprint density at radius 1 is 0.875 bits per heavy atom. The Morgan fingerprint density at radius 2 is 1.53 bits per heavy atom. The molecule has 3 aromatic rings. The molecule has 0 bridgehead atoms. The second kappa shape index (κ2) is 10.1. The number of hydrogen-bond donors (Lipinski definition) is 1. The molecule has 0 radical (unpaired) electrons. The monoisotopic (exact) mass is 450 g/mol. The molecule has 0 spiro atoms. The van der Waals surface area contributed by atoms with Gasteiger partial charge < -0.3 is 10.1 Å². The average Bonchev–Trinajstić information content (AvgIpc) is 2.84. The first-order chi connectivity index (χ1) is 15.5. The first kappa shape index (κ1) is 22.2. The third-order valence-corrected chi connectivity index (χ3v) is 7.37. The Hall–Kier alpha value is -3.00. The normalized spacial score (nSPS) is 14.8. The van der Waals surface area contributed by atoms with Crippen molar-refractivity contribution in [3.63, 3.8) is 0 Å². The molecule has 0 aliphatic carbocycles. The molecule has 0 atom stereocenters. The standard InChI is InChI=1S/C25H26N2O4S/c28-25(26-24-9-5-4-8-23(24)21-6-2-1-3-7-21)15-12-20-10-13-22(14-11-20)32(29,30)27-16-18-31-19-17-27/h1-11,13-14H,12,15-19H2,(H,26,28). The molecule has 1 fully saturated rings. The van der Waals surface area contributed by atoms with Gasteiger partial charge in [-0.1, -0.05) is 60.7 Å². The van der Waals surface area contributed by atoms with E-state index in [2.05, 4.69) is 5.32 Å². The first-order valence-corrected chi connectivity index (χ1v) is 12.1. The molecular weight excluding hydrogens is 424 g/mol. The second-order valence-corrected chi connectivity index (χ2v) is 9.56. The number of carbonyl (C=O) groups is 1. The molecule has 1 aliphatic rings. The molecule has 1 saturated heterocycles. The Bertz CT molecular complexity index is 1160. The topological polar surface area (TPSA) is 75.7 Å². The van der Waals surface area contributed by atoms with Crippen LogP contribution in [0.4, 0.5) is 5.69 Å². The molecular formula is C25H26N2O4S. The minimum absolute atomic E-state index is 0.0848. The molecule has 6 nitrogen and oxygen atoms in total. The Labute approximate surface area is 188 Å². The minimum Gasteiger partial charge on any atom is -0.379 e.